The first-order valence-corrected chi connectivity index (χ1v) is 11.4. The van der Waals surface area contributed by atoms with Crippen LogP contribution in [0.5, 0.6) is 11.5 Å². The average Bonchev–Trinajstić information content (AvgIpc) is 3.22. The second-order valence-electron chi connectivity index (χ2n) is 10.6. The van der Waals surface area contributed by atoms with Crippen LogP contribution in [0.25, 0.3) is 11.5 Å². The third-order valence-corrected chi connectivity index (χ3v) is 5.70. The van der Waals surface area contributed by atoms with Crippen molar-refractivity contribution in [1.29, 1.82) is 0 Å². The highest BCUT2D eigenvalue weighted by Crippen LogP contribution is 2.42. The van der Waals surface area contributed by atoms with Crippen molar-refractivity contribution in [2.75, 3.05) is 0 Å². The summed E-state index contributed by atoms with van der Waals surface area (Å²) in [5.74, 6) is 1.57. The van der Waals surface area contributed by atoms with E-state index in [1.54, 1.807) is 6.26 Å². The maximum atomic E-state index is 11.0. The number of phenolic OH excluding ortho intramolecular Hbond substituents is 1. The zero-order valence-electron chi connectivity index (χ0n) is 20.7. The smallest absolute Gasteiger partial charge is 0.226 e. The number of aryl methyl sites for hydroxylation is 1. The van der Waals surface area contributed by atoms with Crippen molar-refractivity contribution in [2.45, 2.75) is 78.2 Å². The summed E-state index contributed by atoms with van der Waals surface area (Å²) in [5, 5.41) is 11.0. The van der Waals surface area contributed by atoms with Gasteiger partial charge in [0, 0.05) is 23.1 Å². The van der Waals surface area contributed by atoms with Crippen LogP contribution in [0.1, 0.15) is 83.4 Å². The number of phenols is 1. The van der Waals surface area contributed by atoms with Gasteiger partial charge in [0.25, 0.3) is 0 Å². The Morgan fingerprint density at radius 2 is 1.61 bits per heavy atom. The normalized spacial score (nSPS) is 13.1. The number of hydrogen-bond acceptors (Lipinski definition) is 5. The molecule has 33 heavy (non-hydrogen) atoms. The van der Waals surface area contributed by atoms with E-state index in [1.165, 1.54) is 0 Å². The lowest BCUT2D eigenvalue weighted by atomic mass is 9.78. The SMILES string of the molecule is CC(Oc1ccc(CCC=O)cc1)c1coc(-c2cc(C(C)(C)C)c(O)c(C(C)(C)C)c2)n1. The van der Waals surface area contributed by atoms with Gasteiger partial charge < -0.3 is 19.1 Å². The van der Waals surface area contributed by atoms with Crippen molar-refractivity contribution in [1.82, 2.24) is 4.98 Å². The van der Waals surface area contributed by atoms with Crippen LogP contribution in [0, 0.1) is 0 Å². The van der Waals surface area contributed by atoms with Gasteiger partial charge in [0.15, 0.2) is 0 Å². The largest absolute Gasteiger partial charge is 0.507 e. The number of aromatic hydroxyl groups is 1. The standard InChI is InChI=1S/C28H35NO4/c1-18(33-21-12-10-19(11-13-21)9-8-14-30)24-17-32-26(29-24)20-15-22(27(2,3)4)25(31)23(16-20)28(5,6)7/h10-18,31H,8-9H2,1-7H3. The first-order valence-electron chi connectivity index (χ1n) is 11.4. The lowest BCUT2D eigenvalue weighted by molar-refractivity contribution is -0.107. The third kappa shape index (κ3) is 5.84. The number of rotatable bonds is 7. The fraction of sp³-hybridized carbons (Fsp3) is 0.429. The molecule has 3 rings (SSSR count). The molecule has 1 unspecified atom stereocenters. The van der Waals surface area contributed by atoms with Gasteiger partial charge in [-0.25, -0.2) is 4.98 Å². The van der Waals surface area contributed by atoms with E-state index >= 15 is 0 Å². The maximum absolute atomic E-state index is 11.0. The molecule has 2 aromatic carbocycles. The lowest BCUT2D eigenvalue weighted by Gasteiger charge is -2.27. The Hall–Kier alpha value is -3.08. The number of ether oxygens (including phenoxy) is 1. The van der Waals surface area contributed by atoms with E-state index in [0.29, 0.717) is 23.8 Å². The van der Waals surface area contributed by atoms with Crippen molar-refractivity contribution in [3.8, 4) is 23.0 Å². The van der Waals surface area contributed by atoms with Crippen LogP contribution in [-0.2, 0) is 22.0 Å². The van der Waals surface area contributed by atoms with Crippen LogP contribution in [0.4, 0.5) is 0 Å². The molecular weight excluding hydrogens is 414 g/mol. The van der Waals surface area contributed by atoms with Gasteiger partial charge in [-0.3, -0.25) is 0 Å². The van der Waals surface area contributed by atoms with Gasteiger partial charge in [0.2, 0.25) is 5.89 Å². The van der Waals surface area contributed by atoms with Gasteiger partial charge in [0.05, 0.1) is 0 Å². The quantitative estimate of drug-likeness (QED) is 0.397. The topological polar surface area (TPSA) is 72.6 Å². The molecule has 0 radical (unpaired) electrons. The number of carbonyl (C=O) groups is 1. The number of benzene rings is 2. The number of oxazole rings is 1. The summed E-state index contributed by atoms with van der Waals surface area (Å²) in [6, 6.07) is 11.7. The summed E-state index contributed by atoms with van der Waals surface area (Å²) in [4.78, 5) is 15.2. The van der Waals surface area contributed by atoms with Crippen molar-refractivity contribution in [3.05, 3.63) is 65.0 Å². The molecule has 0 aliphatic rings. The van der Waals surface area contributed by atoms with E-state index < -0.39 is 0 Å². The monoisotopic (exact) mass is 449 g/mol. The molecule has 0 aliphatic carbocycles. The zero-order valence-corrected chi connectivity index (χ0v) is 20.7. The van der Waals surface area contributed by atoms with Crippen molar-refractivity contribution < 1.29 is 19.1 Å². The molecule has 0 spiro atoms. The highest BCUT2D eigenvalue weighted by atomic mass is 16.5. The second-order valence-corrected chi connectivity index (χ2v) is 10.6. The minimum absolute atomic E-state index is 0.232. The number of nitrogens with zero attached hydrogens (tertiary/aromatic N) is 1. The van der Waals surface area contributed by atoms with Gasteiger partial charge in [-0.1, -0.05) is 53.7 Å². The number of hydrogen-bond donors (Lipinski definition) is 1. The molecule has 0 saturated heterocycles. The fourth-order valence-corrected chi connectivity index (χ4v) is 3.73. The van der Waals surface area contributed by atoms with Crippen LogP contribution >= 0.6 is 0 Å². The van der Waals surface area contributed by atoms with Gasteiger partial charge >= 0.3 is 0 Å². The van der Waals surface area contributed by atoms with Gasteiger partial charge in [0.1, 0.15) is 35.8 Å². The number of carbonyl (C=O) groups excluding carboxylic acids is 1. The van der Waals surface area contributed by atoms with Gasteiger partial charge in [-0.2, -0.15) is 0 Å². The summed E-state index contributed by atoms with van der Waals surface area (Å²) >= 11 is 0. The molecule has 1 N–H and O–H groups in total. The Morgan fingerprint density at radius 1 is 1.03 bits per heavy atom. The first kappa shape index (κ1) is 24.6. The van der Waals surface area contributed by atoms with Crippen LogP contribution < -0.4 is 4.74 Å². The molecule has 0 fully saturated rings. The summed E-state index contributed by atoms with van der Waals surface area (Å²) < 4.78 is 11.9. The predicted molar refractivity (Wildman–Crippen MR) is 131 cm³/mol. The average molecular weight is 450 g/mol. The molecule has 5 heteroatoms. The van der Waals surface area contributed by atoms with E-state index in [0.717, 1.165) is 40.7 Å². The molecule has 3 aromatic rings. The summed E-state index contributed by atoms with van der Waals surface area (Å²) in [6.07, 6.45) is 3.50. The Morgan fingerprint density at radius 3 is 2.12 bits per heavy atom. The van der Waals surface area contributed by atoms with E-state index in [2.05, 4.69) is 41.5 Å². The molecule has 1 atom stereocenters. The van der Waals surface area contributed by atoms with Crippen molar-refractivity contribution in [2.24, 2.45) is 0 Å². The second kappa shape index (κ2) is 9.42. The Balaban J connectivity index is 1.86. The molecule has 176 valence electrons. The van der Waals surface area contributed by atoms with Crippen LogP contribution in [0.3, 0.4) is 0 Å². The van der Waals surface area contributed by atoms with Crippen molar-refractivity contribution >= 4 is 6.29 Å². The predicted octanol–water partition coefficient (Wildman–Crippen LogP) is 6.91. The summed E-state index contributed by atoms with van der Waals surface area (Å²) in [7, 11) is 0. The Kier molecular flexibility index (Phi) is 7.01. The van der Waals surface area contributed by atoms with E-state index in [4.69, 9.17) is 14.1 Å². The zero-order chi connectivity index (χ0) is 24.4. The number of aromatic nitrogens is 1. The molecular formula is C28H35NO4. The molecule has 0 saturated carbocycles. The molecule has 1 aromatic heterocycles. The lowest BCUT2D eigenvalue weighted by Crippen LogP contribution is -2.17. The van der Waals surface area contributed by atoms with Crippen LogP contribution in [-0.4, -0.2) is 16.4 Å². The van der Waals surface area contributed by atoms with Gasteiger partial charge in [-0.05, 0) is 54.0 Å². The third-order valence-electron chi connectivity index (χ3n) is 5.70. The van der Waals surface area contributed by atoms with Gasteiger partial charge in [-0.15, -0.1) is 0 Å². The van der Waals surface area contributed by atoms with Crippen LogP contribution in [0.2, 0.25) is 0 Å². The maximum Gasteiger partial charge on any atom is 0.226 e. The van der Waals surface area contributed by atoms with E-state index in [-0.39, 0.29) is 16.9 Å². The summed E-state index contributed by atoms with van der Waals surface area (Å²) in [5.41, 5.74) is 3.89. The molecule has 0 bridgehead atoms. The highest BCUT2D eigenvalue weighted by Gasteiger charge is 2.28. The molecule has 5 nitrogen and oxygen atoms in total. The van der Waals surface area contributed by atoms with E-state index in [9.17, 15) is 9.90 Å². The fourth-order valence-electron chi connectivity index (χ4n) is 3.73. The Labute approximate surface area is 196 Å². The van der Waals surface area contributed by atoms with E-state index in [1.807, 2.05) is 43.3 Å². The Bertz CT molecular complexity index is 1060. The molecule has 0 aliphatic heterocycles. The minimum Gasteiger partial charge on any atom is -0.507 e. The minimum atomic E-state index is -0.301. The van der Waals surface area contributed by atoms with Crippen LogP contribution in [0.15, 0.2) is 47.1 Å². The number of aldehydes is 1. The molecule has 0 amide bonds. The highest BCUT2D eigenvalue weighted by molar-refractivity contribution is 5.63. The summed E-state index contributed by atoms with van der Waals surface area (Å²) in [6.45, 7) is 14.4. The molecule has 1 heterocycles. The van der Waals surface area contributed by atoms with Crippen molar-refractivity contribution in [3.63, 3.8) is 0 Å². The first-order chi connectivity index (χ1) is 15.4.